The Morgan fingerprint density at radius 1 is 1.33 bits per heavy atom. The highest BCUT2D eigenvalue weighted by Gasteiger charge is 2.13. The van der Waals surface area contributed by atoms with Crippen LogP contribution in [0.3, 0.4) is 0 Å². The maximum absolute atomic E-state index is 9.94. The predicted molar refractivity (Wildman–Crippen MR) is 61.9 cm³/mol. The van der Waals surface area contributed by atoms with E-state index in [1.54, 1.807) is 30.3 Å². The third-order valence-corrected chi connectivity index (χ3v) is 3.29. The highest BCUT2D eigenvalue weighted by atomic mass is 79.9. The van der Waals surface area contributed by atoms with Crippen LogP contribution in [0.5, 0.6) is 0 Å². The van der Waals surface area contributed by atoms with Crippen LogP contribution >= 0.6 is 27.5 Å². The fourth-order valence-corrected chi connectivity index (χ4v) is 1.81. The zero-order valence-electron chi connectivity index (χ0n) is 7.65. The van der Waals surface area contributed by atoms with Gasteiger partial charge in [-0.15, -0.1) is 0 Å². The quantitative estimate of drug-likeness (QED) is 0.912. The molecule has 2 nitrogen and oxygen atoms in total. The van der Waals surface area contributed by atoms with E-state index < -0.39 is 6.10 Å². The lowest BCUT2D eigenvalue weighted by Gasteiger charge is -2.08. The zero-order valence-corrected chi connectivity index (χ0v) is 9.99. The standard InChI is InChI=1S/C11H8BrClO2/c12-8-6-7(3-4-9(8)13)11(14)10-2-1-5-15-10/h1-6,11,14H. The summed E-state index contributed by atoms with van der Waals surface area (Å²) in [6.07, 6.45) is 0.775. The lowest BCUT2D eigenvalue weighted by Crippen LogP contribution is -1.97. The molecule has 0 aliphatic rings. The minimum Gasteiger partial charge on any atom is -0.466 e. The predicted octanol–water partition coefficient (Wildman–Crippen LogP) is 3.78. The first-order valence-electron chi connectivity index (χ1n) is 4.35. The number of aliphatic hydroxyl groups is 1. The van der Waals surface area contributed by atoms with Crippen LogP contribution in [0.25, 0.3) is 0 Å². The first-order valence-corrected chi connectivity index (χ1v) is 5.52. The van der Waals surface area contributed by atoms with Gasteiger partial charge in [0.25, 0.3) is 0 Å². The van der Waals surface area contributed by atoms with Crippen molar-refractivity contribution < 1.29 is 9.52 Å². The minimum absolute atomic E-state index is 0.518. The molecular formula is C11H8BrClO2. The Morgan fingerprint density at radius 2 is 2.13 bits per heavy atom. The molecule has 0 saturated heterocycles. The van der Waals surface area contributed by atoms with Gasteiger partial charge in [0.2, 0.25) is 0 Å². The van der Waals surface area contributed by atoms with E-state index in [-0.39, 0.29) is 0 Å². The molecule has 0 spiro atoms. The van der Waals surface area contributed by atoms with Gasteiger partial charge in [-0.1, -0.05) is 17.7 Å². The number of furan rings is 1. The molecule has 0 amide bonds. The number of aliphatic hydroxyl groups excluding tert-OH is 1. The van der Waals surface area contributed by atoms with Crippen molar-refractivity contribution in [2.24, 2.45) is 0 Å². The van der Waals surface area contributed by atoms with E-state index in [2.05, 4.69) is 15.9 Å². The summed E-state index contributed by atoms with van der Waals surface area (Å²) in [4.78, 5) is 0. The van der Waals surface area contributed by atoms with Gasteiger partial charge in [-0.05, 0) is 45.8 Å². The van der Waals surface area contributed by atoms with Crippen LogP contribution in [0.15, 0.2) is 45.5 Å². The van der Waals surface area contributed by atoms with Gasteiger partial charge in [0.05, 0.1) is 11.3 Å². The SMILES string of the molecule is OC(c1ccc(Cl)c(Br)c1)c1ccco1. The molecule has 1 atom stereocenters. The van der Waals surface area contributed by atoms with Crippen LogP contribution < -0.4 is 0 Å². The van der Waals surface area contributed by atoms with E-state index >= 15 is 0 Å². The van der Waals surface area contributed by atoms with Gasteiger partial charge in [-0.2, -0.15) is 0 Å². The summed E-state index contributed by atoms with van der Waals surface area (Å²) in [5.41, 5.74) is 0.737. The molecule has 1 aromatic carbocycles. The van der Waals surface area contributed by atoms with Crippen LogP contribution in [0.4, 0.5) is 0 Å². The molecule has 4 heteroatoms. The fourth-order valence-electron chi connectivity index (χ4n) is 1.29. The zero-order chi connectivity index (χ0) is 10.8. The van der Waals surface area contributed by atoms with Crippen LogP contribution in [0.2, 0.25) is 5.02 Å². The second kappa shape index (κ2) is 4.39. The van der Waals surface area contributed by atoms with Gasteiger partial charge in [0.15, 0.2) is 0 Å². The molecular weight excluding hydrogens is 279 g/mol. The molecule has 1 heterocycles. The van der Waals surface area contributed by atoms with E-state index in [9.17, 15) is 5.11 Å². The summed E-state index contributed by atoms with van der Waals surface area (Å²) in [5, 5.41) is 10.6. The largest absolute Gasteiger partial charge is 0.466 e. The van der Waals surface area contributed by atoms with Crippen molar-refractivity contribution in [2.45, 2.75) is 6.10 Å². The monoisotopic (exact) mass is 286 g/mol. The normalized spacial score (nSPS) is 12.7. The molecule has 2 aromatic rings. The summed E-state index contributed by atoms with van der Waals surface area (Å²) in [6.45, 7) is 0. The molecule has 15 heavy (non-hydrogen) atoms. The summed E-state index contributed by atoms with van der Waals surface area (Å²) in [6, 6.07) is 8.74. The average Bonchev–Trinajstić information content (AvgIpc) is 2.74. The Bertz CT molecular complexity index is 454. The van der Waals surface area contributed by atoms with Gasteiger partial charge in [0, 0.05) is 4.47 Å². The third-order valence-electron chi connectivity index (χ3n) is 2.07. The summed E-state index contributed by atoms with van der Waals surface area (Å²) in [5.74, 6) is 0.518. The Kier molecular flexibility index (Phi) is 3.14. The van der Waals surface area contributed by atoms with Crippen molar-refractivity contribution in [1.82, 2.24) is 0 Å². The molecule has 0 aliphatic carbocycles. The van der Waals surface area contributed by atoms with E-state index in [4.69, 9.17) is 16.0 Å². The highest BCUT2D eigenvalue weighted by molar-refractivity contribution is 9.10. The second-order valence-corrected chi connectivity index (χ2v) is 4.35. The molecule has 0 saturated carbocycles. The number of benzene rings is 1. The molecule has 0 bridgehead atoms. The van der Waals surface area contributed by atoms with Gasteiger partial charge < -0.3 is 9.52 Å². The van der Waals surface area contributed by atoms with Crippen LogP contribution in [0, 0.1) is 0 Å². The first kappa shape index (κ1) is 10.7. The molecule has 0 fully saturated rings. The number of hydrogen-bond donors (Lipinski definition) is 1. The molecule has 1 unspecified atom stereocenters. The van der Waals surface area contributed by atoms with Crippen molar-refractivity contribution in [3.8, 4) is 0 Å². The Balaban J connectivity index is 2.34. The maximum atomic E-state index is 9.94. The highest BCUT2D eigenvalue weighted by Crippen LogP contribution is 2.29. The number of halogens is 2. The van der Waals surface area contributed by atoms with Crippen LogP contribution in [0.1, 0.15) is 17.4 Å². The fraction of sp³-hybridized carbons (Fsp3) is 0.0909. The van der Waals surface area contributed by atoms with E-state index in [0.717, 1.165) is 10.0 Å². The molecule has 0 aliphatic heterocycles. The number of hydrogen-bond acceptors (Lipinski definition) is 2. The molecule has 1 aromatic heterocycles. The lowest BCUT2D eigenvalue weighted by atomic mass is 10.1. The van der Waals surface area contributed by atoms with Gasteiger partial charge in [0.1, 0.15) is 11.9 Å². The van der Waals surface area contributed by atoms with Crippen molar-refractivity contribution in [3.05, 3.63) is 57.4 Å². The van der Waals surface area contributed by atoms with Gasteiger partial charge >= 0.3 is 0 Å². The smallest absolute Gasteiger partial charge is 0.137 e. The van der Waals surface area contributed by atoms with E-state index in [1.807, 2.05) is 0 Å². The van der Waals surface area contributed by atoms with Crippen molar-refractivity contribution >= 4 is 27.5 Å². The average molecular weight is 288 g/mol. The number of rotatable bonds is 2. The van der Waals surface area contributed by atoms with Crippen molar-refractivity contribution in [2.75, 3.05) is 0 Å². The van der Waals surface area contributed by atoms with Gasteiger partial charge in [-0.25, -0.2) is 0 Å². The Labute approximate surface area is 101 Å². The van der Waals surface area contributed by atoms with E-state index in [1.165, 1.54) is 6.26 Å². The summed E-state index contributed by atoms with van der Waals surface area (Å²) < 4.78 is 5.88. The topological polar surface area (TPSA) is 33.4 Å². The van der Waals surface area contributed by atoms with Crippen molar-refractivity contribution in [3.63, 3.8) is 0 Å². The Hall–Kier alpha value is -0.770. The van der Waals surface area contributed by atoms with E-state index in [0.29, 0.717) is 10.8 Å². The second-order valence-electron chi connectivity index (χ2n) is 3.09. The minimum atomic E-state index is -0.756. The lowest BCUT2D eigenvalue weighted by molar-refractivity contribution is 0.189. The molecule has 1 N–H and O–H groups in total. The molecule has 0 radical (unpaired) electrons. The maximum Gasteiger partial charge on any atom is 0.137 e. The van der Waals surface area contributed by atoms with Crippen LogP contribution in [-0.4, -0.2) is 5.11 Å². The Morgan fingerprint density at radius 3 is 2.73 bits per heavy atom. The third kappa shape index (κ3) is 2.25. The van der Waals surface area contributed by atoms with Gasteiger partial charge in [-0.3, -0.25) is 0 Å². The molecule has 2 rings (SSSR count). The molecule has 78 valence electrons. The van der Waals surface area contributed by atoms with Crippen LogP contribution in [-0.2, 0) is 0 Å². The first-order chi connectivity index (χ1) is 7.18. The summed E-state index contributed by atoms with van der Waals surface area (Å²) >= 11 is 9.16. The summed E-state index contributed by atoms with van der Waals surface area (Å²) in [7, 11) is 0. The van der Waals surface area contributed by atoms with Crippen molar-refractivity contribution in [1.29, 1.82) is 0 Å².